The molecular formula is C10H14O3S. The third-order valence-electron chi connectivity index (χ3n) is 1.85. The van der Waals surface area contributed by atoms with Gasteiger partial charge in [0.15, 0.2) is 11.5 Å². The van der Waals surface area contributed by atoms with E-state index in [2.05, 4.69) is 0 Å². The number of aromatic hydroxyl groups is 1. The van der Waals surface area contributed by atoms with Crippen LogP contribution >= 0.6 is 11.8 Å². The van der Waals surface area contributed by atoms with Gasteiger partial charge >= 0.3 is 0 Å². The summed E-state index contributed by atoms with van der Waals surface area (Å²) in [6.07, 6.45) is 2.02. The second-order valence-electron chi connectivity index (χ2n) is 2.78. The monoisotopic (exact) mass is 214 g/mol. The number of phenolic OH excluding ortho intramolecular Hbond substituents is 1. The standard InChI is InChI=1S/C10H14O3S/c1-12-8-4-7(6-14-3)5-9(13-2)10(8)11/h4-5,11H,6H2,1-3H3. The predicted molar refractivity (Wildman–Crippen MR) is 58.4 cm³/mol. The van der Waals surface area contributed by atoms with Crippen LogP contribution in [0.4, 0.5) is 0 Å². The van der Waals surface area contributed by atoms with Gasteiger partial charge in [-0.3, -0.25) is 0 Å². The summed E-state index contributed by atoms with van der Waals surface area (Å²) >= 11 is 1.71. The molecule has 0 unspecified atom stereocenters. The Morgan fingerprint density at radius 1 is 1.21 bits per heavy atom. The topological polar surface area (TPSA) is 38.7 Å². The maximum Gasteiger partial charge on any atom is 0.200 e. The fourth-order valence-electron chi connectivity index (χ4n) is 1.20. The molecule has 4 heteroatoms. The van der Waals surface area contributed by atoms with Gasteiger partial charge in [0.2, 0.25) is 5.75 Å². The van der Waals surface area contributed by atoms with Gasteiger partial charge in [-0.2, -0.15) is 11.8 Å². The van der Waals surface area contributed by atoms with Crippen molar-refractivity contribution in [3.63, 3.8) is 0 Å². The molecule has 0 spiro atoms. The van der Waals surface area contributed by atoms with Crippen LogP contribution in [0.3, 0.4) is 0 Å². The van der Waals surface area contributed by atoms with Crippen molar-refractivity contribution in [3.8, 4) is 17.2 Å². The first kappa shape index (κ1) is 11.0. The van der Waals surface area contributed by atoms with Gasteiger partial charge in [-0.25, -0.2) is 0 Å². The number of hydrogen-bond donors (Lipinski definition) is 1. The molecule has 0 saturated carbocycles. The molecule has 0 saturated heterocycles. The van der Waals surface area contributed by atoms with E-state index >= 15 is 0 Å². The molecule has 0 bridgehead atoms. The largest absolute Gasteiger partial charge is 0.502 e. The molecule has 0 heterocycles. The number of phenols is 1. The Hall–Kier alpha value is -1.03. The molecule has 3 nitrogen and oxygen atoms in total. The average Bonchev–Trinajstić information content (AvgIpc) is 2.20. The summed E-state index contributed by atoms with van der Waals surface area (Å²) < 4.78 is 10.1. The SMILES string of the molecule is COc1cc(CSC)cc(OC)c1O. The Balaban J connectivity index is 3.11. The molecule has 1 N–H and O–H groups in total. The minimum absolute atomic E-state index is 0.0554. The summed E-state index contributed by atoms with van der Waals surface area (Å²) in [5, 5.41) is 9.62. The van der Waals surface area contributed by atoms with Gasteiger partial charge in [-0.15, -0.1) is 0 Å². The average molecular weight is 214 g/mol. The summed E-state index contributed by atoms with van der Waals surface area (Å²) in [6, 6.07) is 3.63. The van der Waals surface area contributed by atoms with Crippen LogP contribution in [0.1, 0.15) is 5.56 Å². The smallest absolute Gasteiger partial charge is 0.200 e. The molecule has 0 atom stereocenters. The first-order valence-corrected chi connectivity index (χ1v) is 5.55. The molecule has 0 amide bonds. The first-order valence-electron chi connectivity index (χ1n) is 4.15. The Morgan fingerprint density at radius 2 is 1.71 bits per heavy atom. The highest BCUT2D eigenvalue weighted by molar-refractivity contribution is 7.97. The molecule has 0 aliphatic rings. The Morgan fingerprint density at radius 3 is 2.07 bits per heavy atom. The minimum Gasteiger partial charge on any atom is -0.502 e. The summed E-state index contributed by atoms with van der Waals surface area (Å²) in [4.78, 5) is 0. The van der Waals surface area contributed by atoms with Crippen LogP contribution in [0, 0.1) is 0 Å². The second-order valence-corrected chi connectivity index (χ2v) is 3.65. The van der Waals surface area contributed by atoms with Gasteiger partial charge in [0, 0.05) is 5.75 Å². The van der Waals surface area contributed by atoms with E-state index in [1.807, 2.05) is 18.4 Å². The fraction of sp³-hybridized carbons (Fsp3) is 0.400. The van der Waals surface area contributed by atoms with Gasteiger partial charge < -0.3 is 14.6 Å². The highest BCUT2D eigenvalue weighted by Gasteiger charge is 2.10. The third kappa shape index (κ3) is 2.26. The summed E-state index contributed by atoms with van der Waals surface area (Å²) in [6.45, 7) is 0. The van der Waals surface area contributed by atoms with Gasteiger partial charge in [0.1, 0.15) is 0 Å². The Kier molecular flexibility index (Phi) is 3.95. The van der Waals surface area contributed by atoms with E-state index in [4.69, 9.17) is 9.47 Å². The zero-order valence-electron chi connectivity index (χ0n) is 8.53. The van der Waals surface area contributed by atoms with Crippen molar-refractivity contribution >= 4 is 11.8 Å². The van der Waals surface area contributed by atoms with Crippen molar-refractivity contribution < 1.29 is 14.6 Å². The molecule has 0 radical (unpaired) electrons. The van der Waals surface area contributed by atoms with Crippen LogP contribution in [0.15, 0.2) is 12.1 Å². The van der Waals surface area contributed by atoms with Crippen molar-refractivity contribution in [1.29, 1.82) is 0 Å². The number of thioether (sulfide) groups is 1. The van der Waals surface area contributed by atoms with E-state index in [9.17, 15) is 5.11 Å². The third-order valence-corrected chi connectivity index (χ3v) is 2.47. The van der Waals surface area contributed by atoms with Gasteiger partial charge in [0.25, 0.3) is 0 Å². The van der Waals surface area contributed by atoms with Crippen molar-refractivity contribution in [3.05, 3.63) is 17.7 Å². The van der Waals surface area contributed by atoms with Crippen LogP contribution in [-0.4, -0.2) is 25.6 Å². The second kappa shape index (κ2) is 5.00. The van der Waals surface area contributed by atoms with E-state index < -0.39 is 0 Å². The van der Waals surface area contributed by atoms with Crippen LogP contribution in [0.5, 0.6) is 17.2 Å². The molecule has 14 heavy (non-hydrogen) atoms. The number of ether oxygens (including phenoxy) is 2. The molecule has 0 aliphatic heterocycles. The number of rotatable bonds is 4. The molecule has 1 aromatic carbocycles. The molecule has 0 aromatic heterocycles. The first-order chi connectivity index (χ1) is 6.72. The van der Waals surface area contributed by atoms with Crippen LogP contribution in [0.2, 0.25) is 0 Å². The summed E-state index contributed by atoms with van der Waals surface area (Å²) in [5.74, 6) is 1.83. The number of methoxy groups -OCH3 is 2. The highest BCUT2D eigenvalue weighted by Crippen LogP contribution is 2.37. The van der Waals surface area contributed by atoms with Gasteiger partial charge in [-0.05, 0) is 24.0 Å². The molecule has 0 fully saturated rings. The number of hydrogen-bond acceptors (Lipinski definition) is 4. The summed E-state index contributed by atoms with van der Waals surface area (Å²) in [7, 11) is 3.05. The van der Waals surface area contributed by atoms with Crippen molar-refractivity contribution in [2.24, 2.45) is 0 Å². The van der Waals surface area contributed by atoms with E-state index in [1.165, 1.54) is 14.2 Å². The van der Waals surface area contributed by atoms with E-state index in [0.717, 1.165) is 11.3 Å². The lowest BCUT2D eigenvalue weighted by Crippen LogP contribution is -1.91. The maximum absolute atomic E-state index is 9.62. The zero-order chi connectivity index (χ0) is 10.6. The van der Waals surface area contributed by atoms with E-state index in [-0.39, 0.29) is 5.75 Å². The number of benzene rings is 1. The van der Waals surface area contributed by atoms with Crippen molar-refractivity contribution in [2.75, 3.05) is 20.5 Å². The zero-order valence-corrected chi connectivity index (χ0v) is 9.35. The normalized spacial score (nSPS) is 9.93. The van der Waals surface area contributed by atoms with Gasteiger partial charge in [0.05, 0.1) is 14.2 Å². The van der Waals surface area contributed by atoms with Crippen LogP contribution in [0.25, 0.3) is 0 Å². The highest BCUT2D eigenvalue weighted by atomic mass is 32.2. The van der Waals surface area contributed by atoms with E-state index in [1.54, 1.807) is 11.8 Å². The van der Waals surface area contributed by atoms with Crippen LogP contribution in [-0.2, 0) is 5.75 Å². The Labute approximate surface area is 88.0 Å². The Bertz CT molecular complexity index is 287. The molecular weight excluding hydrogens is 200 g/mol. The quantitative estimate of drug-likeness (QED) is 0.834. The molecule has 0 aliphatic carbocycles. The maximum atomic E-state index is 9.62. The predicted octanol–water partition coefficient (Wildman–Crippen LogP) is 2.27. The van der Waals surface area contributed by atoms with Crippen molar-refractivity contribution in [2.45, 2.75) is 5.75 Å². The fourth-order valence-corrected chi connectivity index (χ4v) is 1.70. The van der Waals surface area contributed by atoms with E-state index in [0.29, 0.717) is 11.5 Å². The summed E-state index contributed by atoms with van der Waals surface area (Å²) in [5.41, 5.74) is 1.07. The van der Waals surface area contributed by atoms with Gasteiger partial charge in [-0.1, -0.05) is 0 Å². The van der Waals surface area contributed by atoms with Crippen molar-refractivity contribution in [1.82, 2.24) is 0 Å². The van der Waals surface area contributed by atoms with Crippen LogP contribution < -0.4 is 9.47 Å². The lowest BCUT2D eigenvalue weighted by Gasteiger charge is -2.10. The molecule has 1 rings (SSSR count). The minimum atomic E-state index is 0.0554. The molecule has 1 aromatic rings. The lowest BCUT2D eigenvalue weighted by molar-refractivity contribution is 0.339. The lowest BCUT2D eigenvalue weighted by atomic mass is 10.2. The molecule has 78 valence electrons.